The Morgan fingerprint density at radius 2 is 2.20 bits per heavy atom. The minimum atomic E-state index is -1.17. The zero-order valence-electron chi connectivity index (χ0n) is 11.5. The molecule has 1 unspecified atom stereocenters. The summed E-state index contributed by atoms with van der Waals surface area (Å²) in [6, 6.07) is 5.79. The number of para-hydroxylation sites is 1. The first-order valence-electron chi connectivity index (χ1n) is 6.62. The number of nitrogens with zero attached hydrogens (tertiary/aromatic N) is 2. The molecule has 1 aromatic carbocycles. The highest BCUT2D eigenvalue weighted by atomic mass is 19.1. The number of benzene rings is 1. The number of halogens is 1. The molecule has 0 bridgehead atoms. The minimum Gasteiger partial charge on any atom is -0.478 e. The van der Waals surface area contributed by atoms with Crippen LogP contribution in [0.3, 0.4) is 0 Å². The zero-order chi connectivity index (χ0) is 14.7. The summed E-state index contributed by atoms with van der Waals surface area (Å²) in [5.74, 6) is -1.50. The van der Waals surface area contributed by atoms with Gasteiger partial charge in [-0.05, 0) is 24.6 Å². The van der Waals surface area contributed by atoms with Crippen LogP contribution in [0, 0.1) is 5.82 Å². The molecule has 0 radical (unpaired) electrons. The Morgan fingerprint density at radius 3 is 2.85 bits per heavy atom. The van der Waals surface area contributed by atoms with E-state index in [1.54, 1.807) is 12.3 Å². The summed E-state index contributed by atoms with van der Waals surface area (Å²) in [6.45, 7) is 4.14. The van der Waals surface area contributed by atoms with Crippen molar-refractivity contribution in [2.75, 3.05) is 0 Å². The Bertz CT molecular complexity index is 622. The molecule has 5 heteroatoms. The van der Waals surface area contributed by atoms with E-state index in [-0.39, 0.29) is 17.2 Å². The quantitative estimate of drug-likeness (QED) is 0.907. The van der Waals surface area contributed by atoms with Crippen molar-refractivity contribution in [2.24, 2.45) is 0 Å². The molecule has 1 aromatic heterocycles. The molecule has 0 amide bonds. The molecule has 2 rings (SSSR count). The maximum Gasteiger partial charge on any atom is 0.338 e. The molecule has 0 fully saturated rings. The minimum absolute atomic E-state index is 0.0186. The Hall–Kier alpha value is -2.17. The molecule has 0 saturated heterocycles. The molecule has 1 heterocycles. The van der Waals surface area contributed by atoms with Gasteiger partial charge in [-0.15, -0.1) is 0 Å². The number of hydrogen-bond acceptors (Lipinski definition) is 2. The lowest BCUT2D eigenvalue weighted by atomic mass is 10.0. The molecule has 0 aliphatic heterocycles. The van der Waals surface area contributed by atoms with Gasteiger partial charge in [-0.1, -0.05) is 26.3 Å². The maximum atomic E-state index is 13.9. The van der Waals surface area contributed by atoms with Crippen molar-refractivity contribution >= 4 is 5.97 Å². The first-order valence-corrected chi connectivity index (χ1v) is 6.62. The third-order valence-corrected chi connectivity index (χ3v) is 3.28. The van der Waals surface area contributed by atoms with Gasteiger partial charge < -0.3 is 5.11 Å². The molecule has 106 valence electrons. The lowest BCUT2D eigenvalue weighted by Crippen LogP contribution is -2.09. The second-order valence-electron chi connectivity index (χ2n) is 4.82. The van der Waals surface area contributed by atoms with Crippen LogP contribution in [0.1, 0.15) is 48.7 Å². The van der Waals surface area contributed by atoms with Crippen LogP contribution < -0.4 is 0 Å². The van der Waals surface area contributed by atoms with Gasteiger partial charge in [0.05, 0.1) is 11.3 Å². The summed E-state index contributed by atoms with van der Waals surface area (Å²) in [6.07, 6.45) is 3.63. The molecule has 0 aliphatic carbocycles. The predicted octanol–water partition coefficient (Wildman–Crippen LogP) is 3.61. The van der Waals surface area contributed by atoms with Gasteiger partial charge in [0.2, 0.25) is 0 Å². The Balaban J connectivity index is 2.45. The second kappa shape index (κ2) is 5.86. The molecule has 1 atom stereocenters. The molecular weight excluding hydrogens is 259 g/mol. The van der Waals surface area contributed by atoms with Crippen LogP contribution in [0.15, 0.2) is 30.5 Å². The average Bonchev–Trinajstić information content (AvgIpc) is 2.88. The van der Waals surface area contributed by atoms with E-state index in [2.05, 4.69) is 18.9 Å². The van der Waals surface area contributed by atoms with Crippen LogP contribution in [0.4, 0.5) is 4.39 Å². The SMILES string of the molecule is CCCC(C)c1ccn(-c2c(F)cccc2C(=O)O)n1. The number of aromatic carboxylic acids is 1. The van der Waals surface area contributed by atoms with Crippen LogP contribution in [0.5, 0.6) is 0 Å². The topological polar surface area (TPSA) is 55.1 Å². The van der Waals surface area contributed by atoms with Gasteiger partial charge >= 0.3 is 5.97 Å². The molecule has 2 aromatic rings. The molecule has 1 N–H and O–H groups in total. The Labute approximate surface area is 116 Å². The van der Waals surface area contributed by atoms with Crippen molar-refractivity contribution in [3.05, 3.63) is 47.5 Å². The fourth-order valence-electron chi connectivity index (χ4n) is 2.23. The second-order valence-corrected chi connectivity index (χ2v) is 4.82. The van der Waals surface area contributed by atoms with Crippen LogP contribution in [-0.4, -0.2) is 20.9 Å². The van der Waals surface area contributed by atoms with E-state index in [1.165, 1.54) is 22.9 Å². The first kappa shape index (κ1) is 14.2. The van der Waals surface area contributed by atoms with E-state index in [4.69, 9.17) is 5.11 Å². The average molecular weight is 276 g/mol. The van der Waals surface area contributed by atoms with Crippen molar-refractivity contribution in [1.29, 1.82) is 0 Å². The Morgan fingerprint density at radius 1 is 1.45 bits per heavy atom. The largest absolute Gasteiger partial charge is 0.478 e. The van der Waals surface area contributed by atoms with Gasteiger partial charge in [0.25, 0.3) is 0 Å². The fraction of sp³-hybridized carbons (Fsp3) is 0.333. The first-order chi connectivity index (χ1) is 9.54. The number of carboxylic acids is 1. The van der Waals surface area contributed by atoms with E-state index < -0.39 is 11.8 Å². The molecule has 0 aliphatic rings. The number of carbonyl (C=O) groups is 1. The number of aromatic nitrogens is 2. The normalized spacial score (nSPS) is 12.3. The number of hydrogen-bond donors (Lipinski definition) is 1. The van der Waals surface area contributed by atoms with E-state index in [0.29, 0.717) is 0 Å². The van der Waals surface area contributed by atoms with Crippen molar-refractivity contribution in [1.82, 2.24) is 9.78 Å². The highest BCUT2D eigenvalue weighted by Crippen LogP contribution is 2.22. The third-order valence-electron chi connectivity index (χ3n) is 3.28. The molecule has 0 spiro atoms. The highest BCUT2D eigenvalue weighted by Gasteiger charge is 2.18. The third kappa shape index (κ3) is 2.71. The summed E-state index contributed by atoms with van der Waals surface area (Å²) >= 11 is 0. The summed E-state index contributed by atoms with van der Waals surface area (Å²) < 4.78 is 15.2. The van der Waals surface area contributed by atoms with E-state index in [1.807, 2.05) is 0 Å². The van der Waals surface area contributed by atoms with Gasteiger partial charge in [0, 0.05) is 12.1 Å². The summed E-state index contributed by atoms with van der Waals surface area (Å²) in [4.78, 5) is 11.2. The molecule has 0 saturated carbocycles. The summed E-state index contributed by atoms with van der Waals surface area (Å²) in [7, 11) is 0. The monoisotopic (exact) mass is 276 g/mol. The van der Waals surface area contributed by atoms with Gasteiger partial charge in [-0.25, -0.2) is 13.9 Å². The predicted molar refractivity (Wildman–Crippen MR) is 73.8 cm³/mol. The molecule has 20 heavy (non-hydrogen) atoms. The summed E-state index contributed by atoms with van der Waals surface area (Å²) in [5, 5.41) is 13.5. The fourth-order valence-corrected chi connectivity index (χ4v) is 2.23. The highest BCUT2D eigenvalue weighted by molar-refractivity contribution is 5.91. The zero-order valence-corrected chi connectivity index (χ0v) is 11.5. The lowest BCUT2D eigenvalue weighted by molar-refractivity contribution is 0.0696. The van der Waals surface area contributed by atoms with Crippen molar-refractivity contribution in [3.63, 3.8) is 0 Å². The maximum absolute atomic E-state index is 13.9. The number of carboxylic acid groups (broad SMARTS) is 1. The van der Waals surface area contributed by atoms with Crippen LogP contribution >= 0.6 is 0 Å². The van der Waals surface area contributed by atoms with Gasteiger partial charge in [0.15, 0.2) is 0 Å². The van der Waals surface area contributed by atoms with E-state index in [9.17, 15) is 9.18 Å². The Kier molecular flexibility index (Phi) is 4.17. The summed E-state index contributed by atoms with van der Waals surface area (Å²) in [5.41, 5.74) is 0.726. The molecule has 4 nitrogen and oxygen atoms in total. The van der Waals surface area contributed by atoms with Crippen molar-refractivity contribution in [3.8, 4) is 5.69 Å². The lowest BCUT2D eigenvalue weighted by Gasteiger charge is -2.08. The van der Waals surface area contributed by atoms with Gasteiger partial charge in [0.1, 0.15) is 11.5 Å². The standard InChI is InChI=1S/C15H17FN2O2/c1-3-5-10(2)13-8-9-18(17-13)14-11(15(19)20)6-4-7-12(14)16/h4,6-10H,3,5H2,1-2H3,(H,19,20). The van der Waals surface area contributed by atoms with Crippen molar-refractivity contribution in [2.45, 2.75) is 32.6 Å². The van der Waals surface area contributed by atoms with Gasteiger partial charge in [-0.2, -0.15) is 5.10 Å². The van der Waals surface area contributed by atoms with E-state index in [0.717, 1.165) is 18.5 Å². The molecular formula is C15H17FN2O2. The van der Waals surface area contributed by atoms with Crippen molar-refractivity contribution < 1.29 is 14.3 Å². The van der Waals surface area contributed by atoms with Crippen LogP contribution in [0.25, 0.3) is 5.69 Å². The van der Waals surface area contributed by atoms with Crippen LogP contribution in [0.2, 0.25) is 0 Å². The van der Waals surface area contributed by atoms with Crippen LogP contribution in [-0.2, 0) is 0 Å². The number of rotatable bonds is 5. The smallest absolute Gasteiger partial charge is 0.338 e. The van der Waals surface area contributed by atoms with Gasteiger partial charge in [-0.3, -0.25) is 0 Å². The van der Waals surface area contributed by atoms with E-state index >= 15 is 0 Å².